The summed E-state index contributed by atoms with van der Waals surface area (Å²) in [4.78, 5) is 19.5. The molecule has 2 aliphatic heterocycles. The summed E-state index contributed by atoms with van der Waals surface area (Å²) in [6.45, 7) is 5.20. The molecule has 0 aliphatic carbocycles. The van der Waals surface area contributed by atoms with E-state index in [2.05, 4.69) is 42.1 Å². The maximum atomic E-state index is 13.5. The van der Waals surface area contributed by atoms with Crippen molar-refractivity contribution in [1.29, 1.82) is 0 Å². The third-order valence-electron chi connectivity index (χ3n) is 7.01. The Labute approximate surface area is 197 Å². The van der Waals surface area contributed by atoms with Gasteiger partial charge in [-0.15, -0.1) is 0 Å². The number of piperidine rings is 2. The molecule has 0 radical (unpaired) electrons. The van der Waals surface area contributed by atoms with Gasteiger partial charge in [0.25, 0.3) is 5.91 Å². The van der Waals surface area contributed by atoms with E-state index in [1.807, 2.05) is 11.0 Å². The molecular weight excluding hydrogens is 417 g/mol. The van der Waals surface area contributed by atoms with E-state index >= 15 is 0 Å². The number of hydrogen-bond acceptors (Lipinski definition) is 4. The van der Waals surface area contributed by atoms with Gasteiger partial charge in [0, 0.05) is 37.2 Å². The highest BCUT2D eigenvalue weighted by Crippen LogP contribution is 2.23. The van der Waals surface area contributed by atoms with Gasteiger partial charge in [0.1, 0.15) is 11.6 Å². The van der Waals surface area contributed by atoms with Crippen molar-refractivity contribution >= 4 is 5.91 Å². The third-order valence-corrected chi connectivity index (χ3v) is 7.01. The first-order valence-electron chi connectivity index (χ1n) is 12.1. The second-order valence-corrected chi connectivity index (χ2v) is 9.68. The maximum Gasteiger partial charge on any atom is 0.253 e. The zero-order chi connectivity index (χ0) is 23.2. The molecule has 0 aromatic heterocycles. The number of halogens is 1. The van der Waals surface area contributed by atoms with Crippen LogP contribution in [0.3, 0.4) is 0 Å². The van der Waals surface area contributed by atoms with Crippen LogP contribution >= 0.6 is 0 Å². The summed E-state index contributed by atoms with van der Waals surface area (Å²) < 4.78 is 19.7. The van der Waals surface area contributed by atoms with Crippen LogP contribution in [0.4, 0.5) is 4.39 Å². The Morgan fingerprint density at radius 3 is 2.67 bits per heavy atom. The fourth-order valence-electron chi connectivity index (χ4n) is 4.99. The van der Waals surface area contributed by atoms with Crippen molar-refractivity contribution in [2.24, 2.45) is 5.92 Å². The van der Waals surface area contributed by atoms with Crippen LogP contribution in [0, 0.1) is 11.7 Å². The van der Waals surface area contributed by atoms with Crippen LogP contribution in [-0.4, -0.2) is 73.5 Å². The van der Waals surface area contributed by atoms with Crippen molar-refractivity contribution in [1.82, 2.24) is 14.7 Å². The van der Waals surface area contributed by atoms with Crippen LogP contribution in [0.15, 0.2) is 48.5 Å². The van der Waals surface area contributed by atoms with E-state index in [0.29, 0.717) is 31.3 Å². The molecule has 1 amide bonds. The number of benzene rings is 2. The third kappa shape index (κ3) is 6.55. The van der Waals surface area contributed by atoms with Crippen LogP contribution in [0.2, 0.25) is 0 Å². The Hall–Kier alpha value is -2.44. The SMILES string of the molecule is CN1CCC(N(C)Cc2cccc(OC[C@@H]3CCCN(C(=O)c4cccc(F)c4)C3)c2)CC1. The molecule has 33 heavy (non-hydrogen) atoms. The number of nitrogens with zero attached hydrogens (tertiary/aromatic N) is 3. The first-order chi connectivity index (χ1) is 16.0. The molecule has 0 spiro atoms. The summed E-state index contributed by atoms with van der Waals surface area (Å²) in [6, 6.07) is 15.0. The molecule has 2 aliphatic rings. The summed E-state index contributed by atoms with van der Waals surface area (Å²) in [5.41, 5.74) is 1.68. The van der Waals surface area contributed by atoms with Gasteiger partial charge in [-0.05, 0) is 88.8 Å². The van der Waals surface area contributed by atoms with Gasteiger partial charge in [-0.1, -0.05) is 18.2 Å². The summed E-state index contributed by atoms with van der Waals surface area (Å²) in [6.07, 6.45) is 4.41. The lowest BCUT2D eigenvalue weighted by Gasteiger charge is -2.35. The van der Waals surface area contributed by atoms with E-state index in [0.717, 1.165) is 38.2 Å². The lowest BCUT2D eigenvalue weighted by molar-refractivity contribution is 0.0633. The van der Waals surface area contributed by atoms with Crippen molar-refractivity contribution in [3.8, 4) is 5.75 Å². The quantitative estimate of drug-likeness (QED) is 0.627. The van der Waals surface area contributed by atoms with Gasteiger partial charge in [0.05, 0.1) is 6.61 Å². The van der Waals surface area contributed by atoms with Gasteiger partial charge in [0.2, 0.25) is 0 Å². The summed E-state index contributed by atoms with van der Waals surface area (Å²) in [7, 11) is 4.41. The van der Waals surface area contributed by atoms with Crippen molar-refractivity contribution in [2.45, 2.75) is 38.3 Å². The monoisotopic (exact) mass is 453 g/mol. The molecule has 178 valence electrons. The fraction of sp³-hybridized carbons (Fsp3) is 0.519. The lowest BCUT2D eigenvalue weighted by Crippen LogP contribution is -2.41. The molecule has 2 fully saturated rings. The van der Waals surface area contributed by atoms with Crippen LogP contribution in [-0.2, 0) is 6.54 Å². The van der Waals surface area contributed by atoms with E-state index in [1.165, 1.54) is 30.5 Å². The normalized spacial score (nSPS) is 20.2. The minimum atomic E-state index is -0.376. The first-order valence-corrected chi connectivity index (χ1v) is 12.1. The smallest absolute Gasteiger partial charge is 0.253 e. The number of rotatable bonds is 7. The van der Waals surface area contributed by atoms with Crippen LogP contribution < -0.4 is 4.74 Å². The van der Waals surface area contributed by atoms with Crippen molar-refractivity contribution in [2.75, 3.05) is 46.9 Å². The van der Waals surface area contributed by atoms with E-state index < -0.39 is 0 Å². The van der Waals surface area contributed by atoms with Crippen molar-refractivity contribution < 1.29 is 13.9 Å². The molecule has 2 aromatic carbocycles. The zero-order valence-electron chi connectivity index (χ0n) is 19.9. The molecule has 2 heterocycles. The van der Waals surface area contributed by atoms with Gasteiger partial charge in [0.15, 0.2) is 0 Å². The molecule has 0 bridgehead atoms. The van der Waals surface area contributed by atoms with Gasteiger partial charge in [-0.2, -0.15) is 0 Å². The van der Waals surface area contributed by atoms with Gasteiger partial charge in [-0.25, -0.2) is 4.39 Å². The number of hydrogen-bond donors (Lipinski definition) is 0. The number of carbonyl (C=O) groups excluding carboxylic acids is 1. The number of amides is 1. The molecule has 4 rings (SSSR count). The average Bonchev–Trinajstić information content (AvgIpc) is 2.83. The minimum absolute atomic E-state index is 0.0989. The Balaban J connectivity index is 1.28. The molecule has 5 nitrogen and oxygen atoms in total. The predicted octanol–water partition coefficient (Wildman–Crippen LogP) is 4.28. The molecule has 2 saturated heterocycles. The molecule has 6 heteroatoms. The topological polar surface area (TPSA) is 36.0 Å². The van der Waals surface area contributed by atoms with Crippen LogP contribution in [0.1, 0.15) is 41.6 Å². The molecular formula is C27H36FN3O2. The predicted molar refractivity (Wildman–Crippen MR) is 129 cm³/mol. The van der Waals surface area contributed by atoms with Gasteiger partial charge < -0.3 is 14.5 Å². The van der Waals surface area contributed by atoms with Crippen molar-refractivity contribution in [3.05, 3.63) is 65.5 Å². The summed E-state index contributed by atoms with van der Waals surface area (Å²) in [5.74, 6) is 0.692. The highest BCUT2D eigenvalue weighted by molar-refractivity contribution is 5.94. The zero-order valence-corrected chi connectivity index (χ0v) is 19.9. The highest BCUT2D eigenvalue weighted by atomic mass is 19.1. The van der Waals surface area contributed by atoms with E-state index in [9.17, 15) is 9.18 Å². The first kappa shape index (κ1) is 23.7. The molecule has 0 N–H and O–H groups in total. The number of ether oxygens (including phenoxy) is 1. The molecule has 2 aromatic rings. The maximum absolute atomic E-state index is 13.5. The average molecular weight is 454 g/mol. The second kappa shape index (κ2) is 11.1. The number of likely N-dealkylation sites (tertiary alicyclic amines) is 2. The fourth-order valence-corrected chi connectivity index (χ4v) is 4.99. The molecule has 0 unspecified atom stereocenters. The van der Waals surface area contributed by atoms with Gasteiger partial charge in [-0.3, -0.25) is 9.69 Å². The molecule has 1 atom stereocenters. The van der Waals surface area contributed by atoms with Crippen LogP contribution in [0.5, 0.6) is 5.75 Å². The Bertz CT molecular complexity index is 929. The second-order valence-electron chi connectivity index (χ2n) is 9.68. The lowest BCUT2D eigenvalue weighted by atomic mass is 9.98. The Morgan fingerprint density at radius 1 is 1.09 bits per heavy atom. The number of carbonyl (C=O) groups is 1. The molecule has 0 saturated carbocycles. The van der Waals surface area contributed by atoms with E-state index in [1.54, 1.807) is 12.1 Å². The van der Waals surface area contributed by atoms with Gasteiger partial charge >= 0.3 is 0 Å². The van der Waals surface area contributed by atoms with E-state index in [4.69, 9.17) is 4.74 Å². The highest BCUT2D eigenvalue weighted by Gasteiger charge is 2.25. The summed E-state index contributed by atoms with van der Waals surface area (Å²) in [5, 5.41) is 0. The van der Waals surface area contributed by atoms with E-state index in [-0.39, 0.29) is 17.6 Å². The standard InChI is InChI=1S/C27H36FN3O2/c1-29-14-11-25(12-15-29)30(2)18-21-6-3-10-26(16-21)33-20-22-7-5-13-31(19-22)27(32)23-8-4-9-24(28)17-23/h3-4,6,8-10,16-17,22,25H,5,7,11-15,18-20H2,1-2H3/t22-/m1/s1. The Morgan fingerprint density at radius 2 is 1.88 bits per heavy atom. The minimum Gasteiger partial charge on any atom is -0.493 e. The van der Waals surface area contributed by atoms with Crippen molar-refractivity contribution in [3.63, 3.8) is 0 Å². The van der Waals surface area contributed by atoms with Crippen LogP contribution in [0.25, 0.3) is 0 Å². The largest absolute Gasteiger partial charge is 0.493 e. The Kier molecular flexibility index (Phi) is 7.99. The summed E-state index contributed by atoms with van der Waals surface area (Å²) >= 11 is 0.